The predicted octanol–water partition coefficient (Wildman–Crippen LogP) is 2.08. The molecule has 0 radical (unpaired) electrons. The molecule has 0 bridgehead atoms. The fourth-order valence-electron chi connectivity index (χ4n) is 2.92. The summed E-state index contributed by atoms with van der Waals surface area (Å²) >= 11 is 0. The van der Waals surface area contributed by atoms with Gasteiger partial charge in [-0.25, -0.2) is 4.39 Å². The van der Waals surface area contributed by atoms with Gasteiger partial charge in [0, 0.05) is 17.8 Å². The van der Waals surface area contributed by atoms with Crippen molar-refractivity contribution in [2.24, 2.45) is 0 Å². The topological polar surface area (TPSA) is 75.7 Å². The number of rotatable bonds is 5. The highest BCUT2D eigenvalue weighted by molar-refractivity contribution is 5.97. The first-order valence-corrected chi connectivity index (χ1v) is 8.62. The largest absolute Gasteiger partial charge is 0.454 e. The minimum atomic E-state index is -0.718. The molecule has 0 saturated carbocycles. The smallest absolute Gasteiger partial charge is 0.325 e. The minimum absolute atomic E-state index is 0.227. The molecule has 3 rings (SSSR count). The van der Waals surface area contributed by atoms with Gasteiger partial charge in [-0.2, -0.15) is 0 Å². The van der Waals surface area contributed by atoms with Gasteiger partial charge in [-0.05, 0) is 48.7 Å². The van der Waals surface area contributed by atoms with Crippen molar-refractivity contribution in [3.05, 3.63) is 65.5 Å². The van der Waals surface area contributed by atoms with Gasteiger partial charge in [-0.15, -0.1) is 0 Å². The highest BCUT2D eigenvalue weighted by Gasteiger charge is 2.23. The first-order valence-electron chi connectivity index (χ1n) is 8.62. The molecular formula is C20H19FN2O4. The molecule has 1 heterocycles. The van der Waals surface area contributed by atoms with Crippen LogP contribution in [-0.2, 0) is 20.7 Å². The summed E-state index contributed by atoms with van der Waals surface area (Å²) in [4.78, 5) is 37.7. The summed E-state index contributed by atoms with van der Waals surface area (Å²) in [6.45, 7) is -0.186. The van der Waals surface area contributed by atoms with Crippen LogP contribution in [0.15, 0.2) is 48.5 Å². The number of aryl methyl sites for hydroxylation is 1. The monoisotopic (exact) mass is 370 g/mol. The Kier molecular flexibility index (Phi) is 5.80. The average Bonchev–Trinajstić information content (AvgIpc) is 2.70. The first-order chi connectivity index (χ1) is 13.0. The van der Waals surface area contributed by atoms with Gasteiger partial charge in [0.2, 0.25) is 0 Å². The zero-order valence-electron chi connectivity index (χ0n) is 14.6. The number of nitrogens with one attached hydrogen (secondary N) is 1. The number of esters is 1. The fraction of sp³-hybridized carbons (Fsp3) is 0.250. The van der Waals surface area contributed by atoms with Gasteiger partial charge in [0.15, 0.2) is 6.61 Å². The van der Waals surface area contributed by atoms with Crippen molar-refractivity contribution in [2.75, 3.05) is 24.6 Å². The van der Waals surface area contributed by atoms with Crippen LogP contribution in [0.4, 0.5) is 10.1 Å². The van der Waals surface area contributed by atoms with Gasteiger partial charge in [0.25, 0.3) is 11.8 Å². The van der Waals surface area contributed by atoms with Crippen LogP contribution in [0.25, 0.3) is 0 Å². The number of ether oxygens (including phenoxy) is 1. The molecule has 140 valence electrons. The number of carbonyl (C=O) groups excluding carboxylic acids is 3. The zero-order valence-corrected chi connectivity index (χ0v) is 14.6. The van der Waals surface area contributed by atoms with Crippen molar-refractivity contribution in [3.8, 4) is 0 Å². The maximum atomic E-state index is 12.8. The molecule has 2 aromatic rings. The third-order valence-electron chi connectivity index (χ3n) is 4.27. The van der Waals surface area contributed by atoms with Gasteiger partial charge in [0.05, 0.1) is 0 Å². The third kappa shape index (κ3) is 4.69. The van der Waals surface area contributed by atoms with Crippen LogP contribution >= 0.6 is 0 Å². The number of hydrogen-bond donors (Lipinski definition) is 1. The number of amides is 2. The second-order valence-electron chi connectivity index (χ2n) is 6.13. The molecule has 0 atom stereocenters. The number of hydrogen-bond acceptors (Lipinski definition) is 4. The minimum Gasteiger partial charge on any atom is -0.454 e. The fourth-order valence-corrected chi connectivity index (χ4v) is 2.92. The van der Waals surface area contributed by atoms with E-state index in [-0.39, 0.29) is 24.6 Å². The first kappa shape index (κ1) is 18.6. The summed E-state index contributed by atoms with van der Waals surface area (Å²) in [5.74, 6) is -2.00. The number of fused-ring (bicyclic) bond motifs is 1. The van der Waals surface area contributed by atoms with E-state index in [1.54, 1.807) is 4.90 Å². The molecule has 0 spiro atoms. The normalized spacial score (nSPS) is 12.9. The Hall–Kier alpha value is -3.22. The summed E-state index contributed by atoms with van der Waals surface area (Å²) in [6.07, 6.45) is 1.76. The molecule has 1 aliphatic heterocycles. The Balaban J connectivity index is 1.47. The lowest BCUT2D eigenvalue weighted by molar-refractivity contribution is -0.146. The van der Waals surface area contributed by atoms with Crippen LogP contribution in [-0.4, -0.2) is 37.5 Å². The van der Waals surface area contributed by atoms with Gasteiger partial charge in [0.1, 0.15) is 12.4 Å². The van der Waals surface area contributed by atoms with Crippen LogP contribution in [0.3, 0.4) is 0 Å². The van der Waals surface area contributed by atoms with Gasteiger partial charge < -0.3 is 15.0 Å². The van der Waals surface area contributed by atoms with Gasteiger partial charge in [-0.1, -0.05) is 18.2 Å². The lowest BCUT2D eigenvalue weighted by atomic mass is 10.0. The Morgan fingerprint density at radius 3 is 2.59 bits per heavy atom. The van der Waals surface area contributed by atoms with E-state index in [4.69, 9.17) is 4.74 Å². The lowest BCUT2D eigenvalue weighted by Gasteiger charge is -2.29. The lowest BCUT2D eigenvalue weighted by Crippen LogP contribution is -2.39. The van der Waals surface area contributed by atoms with Gasteiger partial charge in [-0.3, -0.25) is 14.4 Å². The number of benzene rings is 2. The molecule has 0 saturated heterocycles. The SMILES string of the molecule is O=C(CNC(=O)c1ccc(F)cc1)OCC(=O)N1CCCc2ccccc21. The molecule has 0 aliphatic carbocycles. The van der Waals surface area contributed by atoms with Crippen molar-refractivity contribution in [3.63, 3.8) is 0 Å². The molecule has 0 fully saturated rings. The Labute approximate surface area is 155 Å². The van der Waals surface area contributed by atoms with E-state index < -0.39 is 17.7 Å². The summed E-state index contributed by atoms with van der Waals surface area (Å²) in [5.41, 5.74) is 2.16. The van der Waals surface area contributed by atoms with Crippen molar-refractivity contribution in [1.82, 2.24) is 5.32 Å². The number of halogens is 1. The number of para-hydroxylation sites is 1. The van der Waals surface area contributed by atoms with E-state index in [0.717, 1.165) is 36.2 Å². The quantitative estimate of drug-likeness (QED) is 0.818. The predicted molar refractivity (Wildman–Crippen MR) is 96.8 cm³/mol. The van der Waals surface area contributed by atoms with Crippen LogP contribution in [0.1, 0.15) is 22.3 Å². The maximum absolute atomic E-state index is 12.8. The molecule has 6 nitrogen and oxygen atoms in total. The highest BCUT2D eigenvalue weighted by atomic mass is 19.1. The molecule has 7 heteroatoms. The Morgan fingerprint density at radius 2 is 1.81 bits per heavy atom. The zero-order chi connectivity index (χ0) is 19.2. The molecule has 0 aromatic heterocycles. The van der Waals surface area contributed by atoms with Gasteiger partial charge >= 0.3 is 5.97 Å². The Bertz CT molecular complexity index is 851. The van der Waals surface area contributed by atoms with Crippen LogP contribution < -0.4 is 10.2 Å². The van der Waals surface area contributed by atoms with E-state index in [9.17, 15) is 18.8 Å². The highest BCUT2D eigenvalue weighted by Crippen LogP contribution is 2.26. The van der Waals surface area contributed by atoms with Crippen molar-refractivity contribution in [1.29, 1.82) is 0 Å². The van der Waals surface area contributed by atoms with Crippen LogP contribution in [0.2, 0.25) is 0 Å². The average molecular weight is 370 g/mol. The van der Waals surface area contributed by atoms with E-state index >= 15 is 0 Å². The summed E-state index contributed by atoms with van der Waals surface area (Å²) in [6, 6.07) is 12.6. The number of nitrogens with zero attached hydrogens (tertiary/aromatic N) is 1. The maximum Gasteiger partial charge on any atom is 0.325 e. The third-order valence-corrected chi connectivity index (χ3v) is 4.27. The molecule has 1 N–H and O–H groups in total. The molecule has 27 heavy (non-hydrogen) atoms. The van der Waals surface area contributed by atoms with Crippen LogP contribution in [0.5, 0.6) is 0 Å². The van der Waals surface area contributed by atoms with E-state index in [1.165, 1.54) is 12.1 Å². The molecule has 1 aliphatic rings. The second kappa shape index (κ2) is 8.44. The Morgan fingerprint density at radius 1 is 1.07 bits per heavy atom. The standard InChI is InChI=1S/C20H19FN2O4/c21-16-9-7-15(8-10-16)20(26)22-12-19(25)27-13-18(24)23-11-3-5-14-4-1-2-6-17(14)23/h1-2,4,6-10H,3,5,11-13H2,(H,22,26). The summed E-state index contributed by atoms with van der Waals surface area (Å²) in [7, 11) is 0. The molecule has 0 unspecified atom stereocenters. The van der Waals surface area contributed by atoms with E-state index in [0.29, 0.717) is 6.54 Å². The van der Waals surface area contributed by atoms with E-state index in [1.807, 2.05) is 24.3 Å². The summed E-state index contributed by atoms with van der Waals surface area (Å²) < 4.78 is 17.8. The number of anilines is 1. The van der Waals surface area contributed by atoms with Crippen molar-refractivity contribution in [2.45, 2.75) is 12.8 Å². The van der Waals surface area contributed by atoms with Crippen LogP contribution in [0, 0.1) is 5.82 Å². The molecule has 2 amide bonds. The molecule has 2 aromatic carbocycles. The summed E-state index contributed by atoms with van der Waals surface area (Å²) in [5, 5.41) is 2.38. The number of carbonyl (C=O) groups is 3. The molecular weight excluding hydrogens is 351 g/mol. The van der Waals surface area contributed by atoms with E-state index in [2.05, 4.69) is 5.32 Å². The van der Waals surface area contributed by atoms with Crippen molar-refractivity contribution >= 4 is 23.5 Å². The van der Waals surface area contributed by atoms with Crippen molar-refractivity contribution < 1.29 is 23.5 Å². The second-order valence-corrected chi connectivity index (χ2v) is 6.13.